The van der Waals surface area contributed by atoms with Crippen LogP contribution in [0.5, 0.6) is 5.75 Å². The SMILES string of the molecule is C[C@H]1c2cccc(O)c2C(=O)C2C(=O)[C@]3(O)C(=O)C(C(N)=O)C(=O)C(N(C)C)[C@@H]3[C@@H](OC(=O)CCC(=O)O)[C@@H]21. The number of rotatable bonds is 6. The number of carboxylic acid groups (broad SMARTS) is 1. The van der Waals surface area contributed by atoms with E-state index in [2.05, 4.69) is 0 Å². The van der Waals surface area contributed by atoms with Crippen LogP contribution in [0.2, 0.25) is 0 Å². The predicted molar refractivity (Wildman–Crippen MR) is 128 cm³/mol. The van der Waals surface area contributed by atoms with Crippen molar-refractivity contribution in [3.05, 3.63) is 29.3 Å². The van der Waals surface area contributed by atoms with Crippen LogP contribution in [-0.4, -0.2) is 93.0 Å². The number of Topliss-reactive ketones (excluding diaryl/α,β-unsaturated/α-hetero) is 4. The normalized spacial score (nSPS) is 33.7. The lowest BCUT2D eigenvalue weighted by atomic mass is 9.49. The van der Waals surface area contributed by atoms with Crippen molar-refractivity contribution in [3.63, 3.8) is 0 Å². The molecule has 0 radical (unpaired) electrons. The Hall–Kier alpha value is -3.97. The summed E-state index contributed by atoms with van der Waals surface area (Å²) in [6.45, 7) is 1.60. The molecule has 2 saturated carbocycles. The van der Waals surface area contributed by atoms with E-state index in [1.807, 2.05) is 0 Å². The lowest BCUT2D eigenvalue weighted by Gasteiger charge is -2.56. The van der Waals surface area contributed by atoms with Gasteiger partial charge in [0.05, 0.1) is 36.3 Å². The van der Waals surface area contributed by atoms with Crippen LogP contribution in [0.15, 0.2) is 18.2 Å². The number of aliphatic carboxylic acids is 1. The molecule has 5 N–H and O–H groups in total. The number of nitrogens with two attached hydrogens (primary N) is 1. The Bertz CT molecular complexity index is 1320. The first-order valence-electron chi connectivity index (χ1n) is 12.2. The van der Waals surface area contributed by atoms with E-state index in [-0.39, 0.29) is 5.56 Å². The zero-order chi connectivity index (χ0) is 29.1. The highest BCUT2D eigenvalue weighted by Gasteiger charge is 2.74. The number of likely N-dealkylation sites (N-methyl/N-ethyl adjacent to an activating group) is 1. The van der Waals surface area contributed by atoms with Crippen molar-refractivity contribution in [2.45, 2.75) is 43.4 Å². The fraction of sp³-hybridized carbons (Fsp3) is 0.500. The molecule has 0 heterocycles. The van der Waals surface area contributed by atoms with E-state index in [4.69, 9.17) is 15.6 Å². The lowest BCUT2D eigenvalue weighted by Crippen LogP contribution is -2.78. The van der Waals surface area contributed by atoms with Crippen LogP contribution in [0.3, 0.4) is 0 Å². The zero-order valence-electron chi connectivity index (χ0n) is 21.3. The highest BCUT2D eigenvalue weighted by molar-refractivity contribution is 6.32. The number of nitrogens with zero attached hydrogens (tertiary/aromatic N) is 1. The van der Waals surface area contributed by atoms with Crippen molar-refractivity contribution in [3.8, 4) is 5.75 Å². The molecule has 13 heteroatoms. The molecule has 0 aliphatic heterocycles. The second kappa shape index (κ2) is 9.65. The molecule has 1 aromatic carbocycles. The van der Waals surface area contributed by atoms with Crippen LogP contribution in [0, 0.1) is 23.7 Å². The average molecular weight is 545 g/mol. The minimum atomic E-state index is -3.14. The maximum atomic E-state index is 14.0. The molecule has 208 valence electrons. The van der Waals surface area contributed by atoms with Gasteiger partial charge in [-0.25, -0.2) is 0 Å². The molecule has 0 bridgehead atoms. The highest BCUT2D eigenvalue weighted by atomic mass is 16.5. The van der Waals surface area contributed by atoms with Crippen molar-refractivity contribution in [1.29, 1.82) is 0 Å². The zero-order valence-corrected chi connectivity index (χ0v) is 21.3. The van der Waals surface area contributed by atoms with Crippen molar-refractivity contribution in [1.82, 2.24) is 4.90 Å². The fourth-order valence-corrected chi connectivity index (χ4v) is 6.49. The molecule has 1 aromatic rings. The summed E-state index contributed by atoms with van der Waals surface area (Å²) in [4.78, 5) is 92.0. The molecule has 8 atom stereocenters. The van der Waals surface area contributed by atoms with Crippen molar-refractivity contribution in [2.24, 2.45) is 29.4 Å². The fourth-order valence-electron chi connectivity index (χ4n) is 6.49. The molecule has 4 rings (SSSR count). The summed E-state index contributed by atoms with van der Waals surface area (Å²) in [5.41, 5.74) is 2.30. The number of hydrogen-bond donors (Lipinski definition) is 4. The number of aliphatic hydroxyl groups is 1. The number of carbonyl (C=O) groups is 7. The van der Waals surface area contributed by atoms with E-state index in [0.717, 1.165) is 0 Å². The number of fused-ring (bicyclic) bond motifs is 3. The molecule has 0 aromatic heterocycles. The van der Waals surface area contributed by atoms with E-state index in [0.29, 0.717) is 5.56 Å². The van der Waals surface area contributed by atoms with Crippen LogP contribution in [-0.2, 0) is 33.5 Å². The third-order valence-electron chi connectivity index (χ3n) is 8.14. The summed E-state index contributed by atoms with van der Waals surface area (Å²) in [7, 11) is 2.78. The summed E-state index contributed by atoms with van der Waals surface area (Å²) in [5, 5.41) is 31.3. The second-order valence-electron chi connectivity index (χ2n) is 10.5. The number of amides is 1. The van der Waals surface area contributed by atoms with Crippen molar-refractivity contribution >= 4 is 41.0 Å². The summed E-state index contributed by atoms with van der Waals surface area (Å²) in [6, 6.07) is 2.71. The number of benzene rings is 1. The van der Waals surface area contributed by atoms with E-state index < -0.39 is 107 Å². The first-order valence-corrected chi connectivity index (χ1v) is 12.2. The van der Waals surface area contributed by atoms with Gasteiger partial charge in [0.25, 0.3) is 0 Å². The number of carbonyl (C=O) groups excluding carboxylic acids is 6. The Kier molecular flexibility index (Phi) is 6.94. The van der Waals surface area contributed by atoms with Gasteiger partial charge in [-0.1, -0.05) is 19.1 Å². The molecule has 2 fully saturated rings. The Morgan fingerprint density at radius 1 is 1.08 bits per heavy atom. The summed E-state index contributed by atoms with van der Waals surface area (Å²) < 4.78 is 5.65. The van der Waals surface area contributed by atoms with Crippen LogP contribution in [0.25, 0.3) is 0 Å². The van der Waals surface area contributed by atoms with E-state index >= 15 is 0 Å². The molecule has 13 nitrogen and oxygen atoms in total. The molecule has 3 aliphatic rings. The van der Waals surface area contributed by atoms with Gasteiger partial charge in [0.1, 0.15) is 11.9 Å². The van der Waals surface area contributed by atoms with Gasteiger partial charge in [0, 0.05) is 5.92 Å². The van der Waals surface area contributed by atoms with Gasteiger partial charge < -0.3 is 25.8 Å². The van der Waals surface area contributed by atoms with Gasteiger partial charge in [-0.2, -0.15) is 0 Å². The van der Waals surface area contributed by atoms with Crippen LogP contribution in [0.4, 0.5) is 0 Å². The lowest BCUT2D eigenvalue weighted by molar-refractivity contribution is -0.205. The molecular weight excluding hydrogens is 516 g/mol. The summed E-state index contributed by atoms with van der Waals surface area (Å²) >= 11 is 0. The number of primary amides is 1. The quantitative estimate of drug-likeness (QED) is 0.245. The molecule has 3 unspecified atom stereocenters. The standard InChI is InChI=1S/C26H28N2O11/c1-9-10-5-4-6-11(29)15(10)20(33)16-14(9)22(39-13(32)8-7-12(30)31)18-19(28(2)3)21(34)17(25(27)37)24(36)26(18,38)23(16)35/h4-6,9,14,16-19,22,29,38H,7-8H2,1-3H3,(H2,27,37)(H,30,31)/t9-,14+,16?,17?,18+,19?,22-,26-/m0/s1. The number of aromatic hydroxyl groups is 1. The van der Waals surface area contributed by atoms with E-state index in [9.17, 15) is 43.8 Å². The molecule has 0 saturated heterocycles. The average Bonchev–Trinajstić information content (AvgIpc) is 2.84. The molecule has 39 heavy (non-hydrogen) atoms. The number of phenolic OH excluding ortho intramolecular Hbond substituents is 1. The minimum Gasteiger partial charge on any atom is -0.507 e. The smallest absolute Gasteiger partial charge is 0.306 e. The van der Waals surface area contributed by atoms with Gasteiger partial charge in [-0.3, -0.25) is 38.5 Å². The summed E-state index contributed by atoms with van der Waals surface area (Å²) in [5.74, 6) is -16.7. The van der Waals surface area contributed by atoms with E-state index in [1.54, 1.807) is 6.92 Å². The number of hydrogen-bond acceptors (Lipinski definition) is 11. The van der Waals surface area contributed by atoms with Gasteiger partial charge >= 0.3 is 11.9 Å². The van der Waals surface area contributed by atoms with Crippen molar-refractivity contribution in [2.75, 3.05) is 14.1 Å². The van der Waals surface area contributed by atoms with Gasteiger partial charge in [-0.15, -0.1) is 0 Å². The van der Waals surface area contributed by atoms with Crippen LogP contribution < -0.4 is 5.73 Å². The Balaban J connectivity index is 1.98. The second-order valence-corrected chi connectivity index (χ2v) is 10.5. The Morgan fingerprint density at radius 2 is 1.72 bits per heavy atom. The predicted octanol–water partition coefficient (Wildman–Crippen LogP) is -1.19. The first-order chi connectivity index (χ1) is 18.2. The van der Waals surface area contributed by atoms with Crippen LogP contribution in [0.1, 0.15) is 41.6 Å². The van der Waals surface area contributed by atoms with Crippen LogP contribution >= 0.6 is 0 Å². The van der Waals surface area contributed by atoms with Crippen molar-refractivity contribution < 1.29 is 53.6 Å². The third kappa shape index (κ3) is 4.03. The van der Waals surface area contributed by atoms with Gasteiger partial charge in [0.2, 0.25) is 5.91 Å². The topological polar surface area (TPSA) is 219 Å². The maximum absolute atomic E-state index is 14.0. The number of phenols is 1. The van der Waals surface area contributed by atoms with E-state index in [1.165, 1.54) is 37.2 Å². The Labute approximate surface area is 221 Å². The number of ketones is 4. The number of esters is 1. The monoisotopic (exact) mass is 544 g/mol. The third-order valence-corrected chi connectivity index (χ3v) is 8.14. The number of ether oxygens (including phenoxy) is 1. The van der Waals surface area contributed by atoms with Gasteiger partial charge in [0.15, 0.2) is 34.7 Å². The molecule has 3 aliphatic carbocycles. The van der Waals surface area contributed by atoms with Gasteiger partial charge in [-0.05, 0) is 31.6 Å². The molecular formula is C26H28N2O11. The number of carboxylic acids is 1. The molecule has 1 amide bonds. The minimum absolute atomic E-state index is 0.201. The largest absolute Gasteiger partial charge is 0.507 e. The maximum Gasteiger partial charge on any atom is 0.306 e. The Morgan fingerprint density at radius 3 is 2.28 bits per heavy atom. The highest BCUT2D eigenvalue weighted by Crippen LogP contribution is 2.55. The summed E-state index contributed by atoms with van der Waals surface area (Å²) in [6.07, 6.45) is -2.85. The first kappa shape index (κ1) is 28.0. The molecule has 0 spiro atoms.